The van der Waals surface area contributed by atoms with Gasteiger partial charge in [0.2, 0.25) is 5.91 Å². The summed E-state index contributed by atoms with van der Waals surface area (Å²) < 4.78 is 0. The van der Waals surface area contributed by atoms with Gasteiger partial charge < -0.3 is 10.2 Å². The molecule has 0 saturated carbocycles. The van der Waals surface area contributed by atoms with Gasteiger partial charge in [0.1, 0.15) is 0 Å². The van der Waals surface area contributed by atoms with Crippen LogP contribution in [-0.2, 0) is 4.79 Å². The third-order valence-corrected chi connectivity index (χ3v) is 5.21. The number of urea groups is 1. The third kappa shape index (κ3) is 3.30. The number of hydrogen-bond acceptors (Lipinski definition) is 3. The number of aryl methyl sites for hydroxylation is 1. The summed E-state index contributed by atoms with van der Waals surface area (Å²) in [5.41, 5.74) is 3.99. The van der Waals surface area contributed by atoms with E-state index in [-0.39, 0.29) is 30.4 Å². The molecule has 138 valence electrons. The van der Waals surface area contributed by atoms with Crippen molar-refractivity contribution in [3.05, 3.63) is 59.7 Å². The average Bonchev–Trinajstić information content (AvgIpc) is 3.28. The minimum absolute atomic E-state index is 0.0454. The molecule has 2 fully saturated rings. The molecule has 2 aliphatic rings. The van der Waals surface area contributed by atoms with Gasteiger partial charge in [0.15, 0.2) is 0 Å². The topological polar surface area (TPSA) is 69.7 Å². The summed E-state index contributed by atoms with van der Waals surface area (Å²) >= 11 is 0. The number of carbonyl (C=O) groups is 3. The van der Waals surface area contributed by atoms with Gasteiger partial charge in [-0.25, -0.2) is 4.79 Å². The first-order valence-corrected chi connectivity index (χ1v) is 9.09. The first kappa shape index (κ1) is 17.3. The molecular weight excluding hydrogens is 342 g/mol. The van der Waals surface area contributed by atoms with Crippen molar-refractivity contribution in [3.8, 4) is 11.1 Å². The molecule has 0 aliphatic carbocycles. The van der Waals surface area contributed by atoms with Crippen LogP contribution < -0.4 is 5.32 Å². The first-order valence-electron chi connectivity index (χ1n) is 9.09. The summed E-state index contributed by atoms with van der Waals surface area (Å²) in [6.45, 7) is 3.02. The van der Waals surface area contributed by atoms with Gasteiger partial charge >= 0.3 is 6.03 Å². The minimum atomic E-state index is -0.359. The Morgan fingerprint density at radius 1 is 1.00 bits per heavy atom. The zero-order valence-corrected chi connectivity index (χ0v) is 15.1. The van der Waals surface area contributed by atoms with Crippen molar-refractivity contribution >= 4 is 17.8 Å². The lowest BCUT2D eigenvalue weighted by Crippen LogP contribution is -2.42. The summed E-state index contributed by atoms with van der Waals surface area (Å²) in [6.07, 6.45) is 0.617. The minimum Gasteiger partial charge on any atom is -0.336 e. The van der Waals surface area contributed by atoms with E-state index in [9.17, 15) is 14.4 Å². The van der Waals surface area contributed by atoms with Crippen molar-refractivity contribution in [2.45, 2.75) is 19.4 Å². The van der Waals surface area contributed by atoms with Crippen molar-refractivity contribution in [3.63, 3.8) is 0 Å². The van der Waals surface area contributed by atoms with Gasteiger partial charge in [0.25, 0.3) is 5.91 Å². The molecule has 2 aliphatic heterocycles. The maximum Gasteiger partial charge on any atom is 0.324 e. The van der Waals surface area contributed by atoms with Crippen LogP contribution in [0.15, 0.2) is 48.5 Å². The molecule has 2 aromatic rings. The Bertz CT molecular complexity index is 874. The average molecular weight is 363 g/mol. The first-order chi connectivity index (χ1) is 13.0. The second-order valence-corrected chi connectivity index (χ2v) is 7.06. The van der Waals surface area contributed by atoms with E-state index >= 15 is 0 Å². The normalized spacial score (nSPS) is 19.5. The van der Waals surface area contributed by atoms with Crippen LogP contribution in [0.3, 0.4) is 0 Å². The van der Waals surface area contributed by atoms with Crippen molar-refractivity contribution in [2.24, 2.45) is 0 Å². The predicted molar refractivity (Wildman–Crippen MR) is 101 cm³/mol. The lowest BCUT2D eigenvalue weighted by atomic mass is 10.0. The second kappa shape index (κ2) is 6.87. The van der Waals surface area contributed by atoms with E-state index in [4.69, 9.17) is 0 Å². The molecule has 4 amide bonds. The van der Waals surface area contributed by atoms with Crippen molar-refractivity contribution in [1.29, 1.82) is 0 Å². The number of imide groups is 1. The fourth-order valence-corrected chi connectivity index (χ4v) is 3.68. The van der Waals surface area contributed by atoms with Crippen LogP contribution in [0.1, 0.15) is 22.3 Å². The van der Waals surface area contributed by atoms with Crippen LogP contribution >= 0.6 is 0 Å². The fraction of sp³-hybridized carbons (Fsp3) is 0.286. The van der Waals surface area contributed by atoms with Crippen LogP contribution in [-0.4, -0.2) is 53.3 Å². The number of benzene rings is 2. The number of carbonyl (C=O) groups excluding carboxylic acids is 3. The fourth-order valence-electron chi connectivity index (χ4n) is 3.68. The van der Waals surface area contributed by atoms with Crippen molar-refractivity contribution in [2.75, 3.05) is 19.6 Å². The van der Waals surface area contributed by atoms with Gasteiger partial charge in [-0.1, -0.05) is 42.0 Å². The molecule has 1 unspecified atom stereocenters. The Labute approximate surface area is 157 Å². The summed E-state index contributed by atoms with van der Waals surface area (Å²) in [7, 11) is 0. The Kier molecular flexibility index (Phi) is 4.39. The SMILES string of the molecule is Cc1ccc(-c2ccc(C(=O)N3CCC(N4C(=O)CNC4=O)C3)cc2)cc1. The zero-order valence-electron chi connectivity index (χ0n) is 15.1. The molecule has 2 heterocycles. The molecule has 0 spiro atoms. The molecule has 4 rings (SSSR count). The standard InChI is InChI=1S/C21H21N3O3/c1-14-2-4-15(5-3-14)16-6-8-17(9-7-16)20(26)23-11-10-18(13-23)24-19(25)12-22-21(24)27/h2-9,18H,10-13H2,1H3,(H,22,27). The van der Waals surface area contributed by atoms with Gasteiger partial charge in [0, 0.05) is 18.7 Å². The number of rotatable bonds is 3. The van der Waals surface area contributed by atoms with Gasteiger partial charge in [-0.15, -0.1) is 0 Å². The third-order valence-electron chi connectivity index (χ3n) is 5.21. The Balaban J connectivity index is 1.45. The lowest BCUT2D eigenvalue weighted by Gasteiger charge is -2.21. The molecule has 1 N–H and O–H groups in total. The smallest absolute Gasteiger partial charge is 0.324 e. The highest BCUT2D eigenvalue weighted by atomic mass is 16.2. The van der Waals surface area contributed by atoms with E-state index in [1.165, 1.54) is 10.5 Å². The number of hydrogen-bond donors (Lipinski definition) is 1. The highest BCUT2D eigenvalue weighted by Crippen LogP contribution is 2.23. The van der Waals surface area contributed by atoms with E-state index in [1.54, 1.807) is 4.90 Å². The summed E-state index contributed by atoms with van der Waals surface area (Å²) in [5.74, 6) is -0.290. The van der Waals surface area contributed by atoms with E-state index in [1.807, 2.05) is 31.2 Å². The Morgan fingerprint density at radius 3 is 2.22 bits per heavy atom. The molecule has 0 bridgehead atoms. The monoisotopic (exact) mass is 363 g/mol. The molecule has 6 nitrogen and oxygen atoms in total. The van der Waals surface area contributed by atoms with Gasteiger partial charge in [-0.05, 0) is 36.6 Å². The highest BCUT2D eigenvalue weighted by Gasteiger charge is 2.39. The molecular formula is C21H21N3O3. The molecule has 6 heteroatoms. The van der Waals surface area contributed by atoms with Crippen LogP contribution in [0.4, 0.5) is 4.79 Å². The van der Waals surface area contributed by atoms with E-state index in [0.29, 0.717) is 25.1 Å². The van der Waals surface area contributed by atoms with Gasteiger partial charge in [0.05, 0.1) is 12.6 Å². The number of likely N-dealkylation sites (tertiary alicyclic amines) is 1. The van der Waals surface area contributed by atoms with Crippen molar-refractivity contribution < 1.29 is 14.4 Å². The lowest BCUT2D eigenvalue weighted by molar-refractivity contribution is -0.126. The number of nitrogens with zero attached hydrogens (tertiary/aromatic N) is 2. The van der Waals surface area contributed by atoms with Crippen LogP contribution in [0.2, 0.25) is 0 Å². The quantitative estimate of drug-likeness (QED) is 0.852. The second-order valence-electron chi connectivity index (χ2n) is 7.06. The number of nitrogens with one attached hydrogen (secondary N) is 1. The van der Waals surface area contributed by atoms with E-state index in [2.05, 4.69) is 29.6 Å². The molecule has 27 heavy (non-hydrogen) atoms. The van der Waals surface area contributed by atoms with Crippen molar-refractivity contribution in [1.82, 2.24) is 15.1 Å². The van der Waals surface area contributed by atoms with Gasteiger partial charge in [-0.2, -0.15) is 0 Å². The van der Waals surface area contributed by atoms with Crippen LogP contribution in [0, 0.1) is 6.92 Å². The van der Waals surface area contributed by atoms with Gasteiger partial charge in [-0.3, -0.25) is 14.5 Å². The molecule has 2 aromatic carbocycles. The summed E-state index contributed by atoms with van der Waals surface area (Å²) in [4.78, 5) is 39.4. The molecule has 2 saturated heterocycles. The predicted octanol–water partition coefficient (Wildman–Crippen LogP) is 2.43. The zero-order chi connectivity index (χ0) is 19.0. The maximum atomic E-state index is 12.8. The summed E-state index contributed by atoms with van der Waals surface area (Å²) in [6, 6.07) is 15.2. The van der Waals surface area contributed by atoms with E-state index in [0.717, 1.165) is 11.1 Å². The van der Waals surface area contributed by atoms with Crippen LogP contribution in [0.5, 0.6) is 0 Å². The van der Waals surface area contributed by atoms with E-state index < -0.39 is 0 Å². The Morgan fingerprint density at radius 2 is 1.63 bits per heavy atom. The Hall–Kier alpha value is -3.15. The molecule has 1 atom stereocenters. The maximum absolute atomic E-state index is 12.8. The van der Waals surface area contributed by atoms with Crippen LogP contribution in [0.25, 0.3) is 11.1 Å². The number of amides is 4. The largest absolute Gasteiger partial charge is 0.336 e. The molecule has 0 aromatic heterocycles. The summed E-state index contributed by atoms with van der Waals surface area (Å²) in [5, 5.41) is 2.53. The highest BCUT2D eigenvalue weighted by molar-refractivity contribution is 6.02. The molecule has 0 radical (unpaired) electrons.